The Morgan fingerprint density at radius 3 is 2.62 bits per heavy atom. The molecule has 0 aliphatic rings. The highest BCUT2D eigenvalue weighted by Crippen LogP contribution is 2.10. The maximum atomic E-state index is 9.03. The smallest absolute Gasteiger partial charge is 0.0846 e. The molecule has 0 radical (unpaired) electrons. The molecule has 13 heavy (non-hydrogen) atoms. The topological polar surface area (TPSA) is 56.0 Å². The van der Waals surface area contributed by atoms with Gasteiger partial charge in [0.25, 0.3) is 0 Å². The van der Waals surface area contributed by atoms with Crippen molar-refractivity contribution in [1.29, 1.82) is 5.26 Å². The minimum absolute atomic E-state index is 0.00565. The number of nitrogens with one attached hydrogen (secondary N) is 1. The summed E-state index contributed by atoms with van der Waals surface area (Å²) >= 11 is 0. The fourth-order valence-electron chi connectivity index (χ4n) is 1.14. The molecule has 1 aromatic rings. The Labute approximate surface area is 77.6 Å². The first-order valence-electron chi connectivity index (χ1n) is 4.14. The summed E-state index contributed by atoms with van der Waals surface area (Å²) < 4.78 is 0. The Kier molecular flexibility index (Phi) is 3.97. The summed E-state index contributed by atoms with van der Waals surface area (Å²) in [5.74, 6) is 0. The fourth-order valence-corrected chi connectivity index (χ4v) is 1.14. The van der Waals surface area contributed by atoms with Crippen LogP contribution in [-0.2, 0) is 0 Å². The predicted octanol–water partition coefficient (Wildman–Crippen LogP) is 0.833. The summed E-state index contributed by atoms with van der Waals surface area (Å²) in [6, 6.07) is 11.4. The zero-order valence-corrected chi connectivity index (χ0v) is 7.27. The molecule has 1 unspecified atom stereocenters. The van der Waals surface area contributed by atoms with Gasteiger partial charge in [-0.25, -0.2) is 0 Å². The first-order valence-corrected chi connectivity index (χ1v) is 4.14. The van der Waals surface area contributed by atoms with Gasteiger partial charge in [-0.15, -0.1) is 0 Å². The molecule has 0 aromatic heterocycles. The first-order chi connectivity index (χ1) is 6.38. The van der Waals surface area contributed by atoms with Crippen LogP contribution in [0, 0.1) is 11.3 Å². The van der Waals surface area contributed by atoms with E-state index in [-0.39, 0.29) is 19.2 Å². The van der Waals surface area contributed by atoms with Gasteiger partial charge < -0.3 is 5.11 Å². The van der Waals surface area contributed by atoms with Crippen LogP contribution in [0.2, 0.25) is 0 Å². The monoisotopic (exact) mass is 176 g/mol. The lowest BCUT2D eigenvalue weighted by Gasteiger charge is -2.13. The highest BCUT2D eigenvalue weighted by Gasteiger charge is 2.07. The van der Waals surface area contributed by atoms with Crippen LogP contribution in [0.4, 0.5) is 0 Å². The Morgan fingerprint density at radius 1 is 1.38 bits per heavy atom. The molecule has 3 nitrogen and oxygen atoms in total. The highest BCUT2D eigenvalue weighted by molar-refractivity contribution is 5.19. The van der Waals surface area contributed by atoms with Crippen molar-refractivity contribution in [3.8, 4) is 6.07 Å². The predicted molar refractivity (Wildman–Crippen MR) is 49.9 cm³/mol. The molecular formula is C10H12N2O. The van der Waals surface area contributed by atoms with Gasteiger partial charge in [-0.05, 0) is 5.56 Å². The van der Waals surface area contributed by atoms with E-state index in [1.54, 1.807) is 0 Å². The summed E-state index contributed by atoms with van der Waals surface area (Å²) in [7, 11) is 0. The van der Waals surface area contributed by atoms with Gasteiger partial charge in [0.05, 0.1) is 25.3 Å². The summed E-state index contributed by atoms with van der Waals surface area (Å²) in [6.45, 7) is 0.256. The van der Waals surface area contributed by atoms with Crippen LogP contribution in [0.15, 0.2) is 30.3 Å². The summed E-state index contributed by atoms with van der Waals surface area (Å²) in [6.07, 6.45) is 0. The number of aliphatic hydroxyl groups is 1. The van der Waals surface area contributed by atoms with E-state index in [4.69, 9.17) is 10.4 Å². The number of nitrogens with zero attached hydrogens (tertiary/aromatic N) is 1. The number of rotatable bonds is 4. The number of nitriles is 1. The molecule has 0 heterocycles. The van der Waals surface area contributed by atoms with E-state index in [0.29, 0.717) is 0 Å². The second-order valence-corrected chi connectivity index (χ2v) is 2.68. The highest BCUT2D eigenvalue weighted by atomic mass is 16.3. The molecule has 1 atom stereocenters. The van der Waals surface area contributed by atoms with E-state index in [1.807, 2.05) is 36.4 Å². The van der Waals surface area contributed by atoms with Gasteiger partial charge in [-0.3, -0.25) is 5.32 Å². The normalized spacial score (nSPS) is 12.0. The molecule has 0 spiro atoms. The average molecular weight is 176 g/mol. The van der Waals surface area contributed by atoms with E-state index < -0.39 is 0 Å². The van der Waals surface area contributed by atoms with Crippen LogP contribution in [-0.4, -0.2) is 18.3 Å². The molecule has 2 N–H and O–H groups in total. The molecule has 0 fully saturated rings. The maximum absolute atomic E-state index is 9.03. The van der Waals surface area contributed by atoms with Crippen LogP contribution < -0.4 is 5.32 Å². The summed E-state index contributed by atoms with van der Waals surface area (Å²) in [5.41, 5.74) is 1.00. The van der Waals surface area contributed by atoms with Crippen molar-refractivity contribution in [2.24, 2.45) is 0 Å². The van der Waals surface area contributed by atoms with Crippen molar-refractivity contribution in [3.05, 3.63) is 35.9 Å². The van der Waals surface area contributed by atoms with E-state index in [1.165, 1.54) is 0 Å². The van der Waals surface area contributed by atoms with Gasteiger partial charge in [-0.2, -0.15) is 5.26 Å². The van der Waals surface area contributed by atoms with Gasteiger partial charge in [-0.1, -0.05) is 30.3 Å². The summed E-state index contributed by atoms with van der Waals surface area (Å²) in [5, 5.41) is 20.3. The van der Waals surface area contributed by atoms with Crippen molar-refractivity contribution < 1.29 is 5.11 Å². The molecule has 1 aromatic carbocycles. The first kappa shape index (κ1) is 9.72. The van der Waals surface area contributed by atoms with Gasteiger partial charge in [0.1, 0.15) is 0 Å². The molecule has 1 rings (SSSR count). The SMILES string of the molecule is N#CCNC(CO)c1ccccc1. The third kappa shape index (κ3) is 2.86. The zero-order chi connectivity index (χ0) is 9.52. The van der Waals surface area contributed by atoms with E-state index >= 15 is 0 Å². The van der Waals surface area contributed by atoms with Crippen LogP contribution in [0.3, 0.4) is 0 Å². The maximum Gasteiger partial charge on any atom is 0.0846 e. The summed E-state index contributed by atoms with van der Waals surface area (Å²) in [4.78, 5) is 0. The Hall–Kier alpha value is -1.37. The van der Waals surface area contributed by atoms with Crippen LogP contribution in [0.5, 0.6) is 0 Å². The van der Waals surface area contributed by atoms with Gasteiger partial charge >= 0.3 is 0 Å². The lowest BCUT2D eigenvalue weighted by Crippen LogP contribution is -2.24. The molecule has 3 heteroatoms. The zero-order valence-electron chi connectivity index (χ0n) is 7.27. The van der Waals surface area contributed by atoms with Crippen LogP contribution in [0.1, 0.15) is 11.6 Å². The van der Waals surface area contributed by atoms with Gasteiger partial charge in [0, 0.05) is 0 Å². The van der Waals surface area contributed by atoms with Crippen LogP contribution in [0.25, 0.3) is 0 Å². The molecule has 0 amide bonds. The van der Waals surface area contributed by atoms with Gasteiger partial charge in [0.15, 0.2) is 0 Å². The lowest BCUT2D eigenvalue weighted by atomic mass is 10.1. The lowest BCUT2D eigenvalue weighted by molar-refractivity contribution is 0.248. The Morgan fingerprint density at radius 2 is 2.08 bits per heavy atom. The molecule has 0 bridgehead atoms. The Bertz CT molecular complexity index is 279. The minimum Gasteiger partial charge on any atom is -0.394 e. The average Bonchev–Trinajstić information content (AvgIpc) is 2.21. The molecule has 0 aliphatic carbocycles. The van der Waals surface area contributed by atoms with Crippen molar-refractivity contribution in [1.82, 2.24) is 5.32 Å². The van der Waals surface area contributed by atoms with Crippen molar-refractivity contribution in [2.45, 2.75) is 6.04 Å². The number of benzene rings is 1. The van der Waals surface area contributed by atoms with Crippen molar-refractivity contribution in [3.63, 3.8) is 0 Å². The van der Waals surface area contributed by atoms with Crippen molar-refractivity contribution >= 4 is 0 Å². The number of aliphatic hydroxyl groups excluding tert-OH is 1. The molecular weight excluding hydrogens is 164 g/mol. The fraction of sp³-hybridized carbons (Fsp3) is 0.300. The third-order valence-corrected chi connectivity index (χ3v) is 1.81. The molecule has 68 valence electrons. The largest absolute Gasteiger partial charge is 0.394 e. The van der Waals surface area contributed by atoms with E-state index in [0.717, 1.165) is 5.56 Å². The minimum atomic E-state index is -0.138. The van der Waals surface area contributed by atoms with E-state index in [9.17, 15) is 0 Å². The third-order valence-electron chi connectivity index (χ3n) is 1.81. The Balaban J connectivity index is 2.63. The quantitative estimate of drug-likeness (QED) is 0.668. The second-order valence-electron chi connectivity index (χ2n) is 2.68. The van der Waals surface area contributed by atoms with Gasteiger partial charge in [0.2, 0.25) is 0 Å². The van der Waals surface area contributed by atoms with Crippen molar-refractivity contribution in [2.75, 3.05) is 13.2 Å². The molecule has 0 aliphatic heterocycles. The second kappa shape index (κ2) is 5.31. The van der Waals surface area contributed by atoms with E-state index in [2.05, 4.69) is 5.32 Å². The standard InChI is InChI=1S/C10H12N2O/c11-6-7-12-10(8-13)9-4-2-1-3-5-9/h1-5,10,12-13H,7-8H2. The number of hydrogen-bond acceptors (Lipinski definition) is 3. The molecule has 0 saturated carbocycles. The molecule has 0 saturated heterocycles. The number of hydrogen-bond donors (Lipinski definition) is 2. The van der Waals surface area contributed by atoms with Crippen LogP contribution >= 0.6 is 0 Å².